The summed E-state index contributed by atoms with van der Waals surface area (Å²) in [5, 5.41) is 20.3. The van der Waals surface area contributed by atoms with Crippen LogP contribution in [0.15, 0.2) is 29.3 Å². The van der Waals surface area contributed by atoms with Crippen LogP contribution in [0.4, 0.5) is 0 Å². The number of hydrogen-bond donors (Lipinski definition) is 2. The third-order valence-electron chi connectivity index (χ3n) is 5.18. The van der Waals surface area contributed by atoms with Crippen LogP contribution in [-0.4, -0.2) is 33.2 Å². The van der Waals surface area contributed by atoms with Crippen LogP contribution in [0.2, 0.25) is 0 Å². The monoisotopic (exact) mass is 424 g/mol. The number of ether oxygens (including phenoxy) is 1. The average molecular weight is 424 g/mol. The Kier molecular flexibility index (Phi) is 6.43. The highest BCUT2D eigenvalue weighted by atomic mass is 16.5. The van der Waals surface area contributed by atoms with Gasteiger partial charge < -0.3 is 14.9 Å². The number of nitrogens with zero attached hydrogens (tertiary/aromatic N) is 2. The molecule has 0 aliphatic carbocycles. The maximum absolute atomic E-state index is 12.4. The van der Waals surface area contributed by atoms with E-state index >= 15 is 0 Å². The first-order valence-electron chi connectivity index (χ1n) is 10.4. The molecular weight excluding hydrogens is 396 g/mol. The molecule has 0 saturated carbocycles. The summed E-state index contributed by atoms with van der Waals surface area (Å²) in [5.74, 6) is -0.829. The van der Waals surface area contributed by atoms with Crippen molar-refractivity contribution in [1.29, 1.82) is 0 Å². The van der Waals surface area contributed by atoms with Crippen LogP contribution in [0.25, 0.3) is 6.08 Å². The van der Waals surface area contributed by atoms with E-state index in [4.69, 9.17) is 9.84 Å². The number of aromatic nitrogens is 1. The van der Waals surface area contributed by atoms with Crippen molar-refractivity contribution in [3.63, 3.8) is 0 Å². The Labute approximate surface area is 181 Å². The van der Waals surface area contributed by atoms with Crippen molar-refractivity contribution in [2.45, 2.75) is 65.0 Å². The lowest BCUT2D eigenvalue weighted by atomic mass is 9.87. The summed E-state index contributed by atoms with van der Waals surface area (Å²) in [4.78, 5) is 31.9. The highest BCUT2D eigenvalue weighted by Gasteiger charge is 2.21. The highest BCUT2D eigenvalue weighted by Crippen LogP contribution is 2.26. The van der Waals surface area contributed by atoms with Gasteiger partial charge in [0.2, 0.25) is 0 Å². The number of aromatic hydroxyl groups is 1. The van der Waals surface area contributed by atoms with Crippen molar-refractivity contribution in [3.05, 3.63) is 51.8 Å². The molecule has 0 radical (unpaired) electrons. The Balaban J connectivity index is 1.85. The standard InChI is InChI=1S/C24H28N2O5/c1-14-21-17(23(30)22(25-14)18(27)9-6-10-20(28)29)11-12-19(26-21)31-16-8-5-7-15(13-16)24(2,3)4/h5,7-8,11,13,19,30H,6,9-10,12H2,1-4H3,(H,28,29). The first-order valence-corrected chi connectivity index (χ1v) is 10.4. The topological polar surface area (TPSA) is 109 Å². The number of aliphatic carboxylic acids is 1. The number of aryl methyl sites for hydroxylation is 1. The molecule has 0 amide bonds. The Morgan fingerprint density at radius 1 is 1.23 bits per heavy atom. The van der Waals surface area contributed by atoms with Crippen LogP contribution < -0.4 is 15.3 Å². The van der Waals surface area contributed by atoms with Gasteiger partial charge in [-0.2, -0.15) is 0 Å². The lowest BCUT2D eigenvalue weighted by molar-refractivity contribution is -0.137. The van der Waals surface area contributed by atoms with E-state index in [1.807, 2.05) is 18.2 Å². The minimum absolute atomic E-state index is 0.00149. The van der Waals surface area contributed by atoms with Gasteiger partial charge >= 0.3 is 5.97 Å². The number of carboxylic acids is 1. The molecule has 2 aromatic rings. The first-order chi connectivity index (χ1) is 14.6. The quantitative estimate of drug-likeness (QED) is 0.661. The molecule has 1 aliphatic heterocycles. The predicted molar refractivity (Wildman–Crippen MR) is 116 cm³/mol. The van der Waals surface area contributed by atoms with Crippen molar-refractivity contribution in [2.24, 2.45) is 4.99 Å². The second kappa shape index (κ2) is 8.88. The van der Waals surface area contributed by atoms with Crippen molar-refractivity contribution >= 4 is 17.8 Å². The van der Waals surface area contributed by atoms with E-state index in [0.29, 0.717) is 22.7 Å². The number of carbonyl (C=O) groups excluding carboxylic acids is 1. The van der Waals surface area contributed by atoms with Gasteiger partial charge in [-0.15, -0.1) is 0 Å². The minimum atomic E-state index is -0.960. The number of Topliss-reactive ketones (excluding diaryl/α,β-unsaturated/α-hetero) is 1. The fourth-order valence-corrected chi connectivity index (χ4v) is 3.46. The van der Waals surface area contributed by atoms with E-state index in [1.54, 1.807) is 13.0 Å². The zero-order chi connectivity index (χ0) is 22.8. The molecule has 7 heteroatoms. The Morgan fingerprint density at radius 3 is 2.65 bits per heavy atom. The Hall–Kier alpha value is -3.22. The zero-order valence-corrected chi connectivity index (χ0v) is 18.3. The maximum atomic E-state index is 12.4. The number of pyridine rings is 1. The number of carboxylic acid groups (broad SMARTS) is 1. The van der Waals surface area contributed by atoms with Crippen LogP contribution in [0, 0.1) is 6.92 Å². The molecule has 2 heterocycles. The number of hydrogen-bond acceptors (Lipinski definition) is 6. The van der Waals surface area contributed by atoms with Crippen molar-refractivity contribution in [1.82, 2.24) is 4.98 Å². The molecule has 1 aromatic carbocycles. The second-order valence-corrected chi connectivity index (χ2v) is 8.75. The van der Waals surface area contributed by atoms with E-state index in [9.17, 15) is 14.7 Å². The molecule has 1 unspecified atom stereocenters. The normalized spacial score (nSPS) is 15.4. The van der Waals surface area contributed by atoms with Gasteiger partial charge in [-0.3, -0.25) is 9.59 Å². The van der Waals surface area contributed by atoms with Gasteiger partial charge in [0.25, 0.3) is 0 Å². The molecule has 3 rings (SSSR count). The summed E-state index contributed by atoms with van der Waals surface area (Å²) < 4.78 is 6.07. The summed E-state index contributed by atoms with van der Waals surface area (Å²) in [5.41, 5.74) is 1.64. The van der Waals surface area contributed by atoms with E-state index in [0.717, 1.165) is 11.3 Å². The van der Waals surface area contributed by atoms with Gasteiger partial charge in [0.1, 0.15) is 11.4 Å². The molecule has 7 nitrogen and oxygen atoms in total. The summed E-state index contributed by atoms with van der Waals surface area (Å²) in [6.45, 7) is 8.14. The largest absolute Gasteiger partial charge is 0.505 e. The molecule has 164 valence electrons. The van der Waals surface area contributed by atoms with Crippen LogP contribution in [0.3, 0.4) is 0 Å². The predicted octanol–water partition coefficient (Wildman–Crippen LogP) is 3.04. The number of ketones is 1. The van der Waals surface area contributed by atoms with Gasteiger partial charge in [-0.25, -0.2) is 9.98 Å². The van der Waals surface area contributed by atoms with Gasteiger partial charge in [0.15, 0.2) is 17.8 Å². The molecule has 31 heavy (non-hydrogen) atoms. The van der Waals surface area contributed by atoms with Crippen LogP contribution >= 0.6 is 0 Å². The first kappa shape index (κ1) is 22.5. The second-order valence-electron chi connectivity index (χ2n) is 8.75. The zero-order valence-electron chi connectivity index (χ0n) is 18.3. The van der Waals surface area contributed by atoms with E-state index in [2.05, 4.69) is 36.8 Å². The van der Waals surface area contributed by atoms with Crippen LogP contribution in [0.1, 0.15) is 68.2 Å². The Bertz CT molecular complexity index is 1130. The molecule has 1 aliphatic rings. The van der Waals surface area contributed by atoms with Crippen molar-refractivity contribution in [2.75, 3.05) is 0 Å². The molecule has 0 fully saturated rings. The molecule has 0 bridgehead atoms. The molecule has 0 spiro atoms. The third kappa shape index (κ3) is 5.29. The summed E-state index contributed by atoms with van der Waals surface area (Å²) in [7, 11) is 0. The van der Waals surface area contributed by atoms with Crippen LogP contribution in [-0.2, 0) is 10.2 Å². The summed E-state index contributed by atoms with van der Waals surface area (Å²) >= 11 is 0. The fraction of sp³-hybridized carbons (Fsp3) is 0.417. The van der Waals surface area contributed by atoms with E-state index in [-0.39, 0.29) is 41.9 Å². The summed E-state index contributed by atoms with van der Waals surface area (Å²) in [6, 6.07) is 7.92. The number of fused-ring (bicyclic) bond motifs is 1. The van der Waals surface area contributed by atoms with Crippen molar-refractivity contribution < 1.29 is 24.5 Å². The molecule has 2 N–H and O–H groups in total. The SMILES string of the molecule is Cc1nc(C(=O)CCCC(=O)O)c(O)c2c1=NC(Oc1cccc(C(C)(C)C)c1)CC=2. The smallest absolute Gasteiger partial charge is 0.303 e. The van der Waals surface area contributed by atoms with Gasteiger partial charge in [-0.1, -0.05) is 39.0 Å². The van der Waals surface area contributed by atoms with Gasteiger partial charge in [0, 0.05) is 24.5 Å². The van der Waals surface area contributed by atoms with Gasteiger partial charge in [-0.05, 0) is 36.5 Å². The van der Waals surface area contributed by atoms with Gasteiger partial charge in [0.05, 0.1) is 11.1 Å². The third-order valence-corrected chi connectivity index (χ3v) is 5.18. The lowest BCUT2D eigenvalue weighted by Gasteiger charge is -2.22. The minimum Gasteiger partial charge on any atom is -0.505 e. The Morgan fingerprint density at radius 2 is 1.97 bits per heavy atom. The molecule has 1 atom stereocenters. The van der Waals surface area contributed by atoms with E-state index < -0.39 is 12.2 Å². The van der Waals surface area contributed by atoms with Crippen LogP contribution in [0.5, 0.6) is 11.5 Å². The molecule has 1 aromatic heterocycles. The number of carbonyl (C=O) groups is 2. The van der Waals surface area contributed by atoms with Crippen molar-refractivity contribution in [3.8, 4) is 11.5 Å². The fourth-order valence-electron chi connectivity index (χ4n) is 3.46. The average Bonchev–Trinajstić information content (AvgIpc) is 2.70. The lowest BCUT2D eigenvalue weighted by Crippen LogP contribution is -2.37. The highest BCUT2D eigenvalue weighted by molar-refractivity contribution is 5.96. The van der Waals surface area contributed by atoms with E-state index in [1.165, 1.54) is 0 Å². The molecular formula is C24H28N2O5. The number of rotatable bonds is 7. The summed E-state index contributed by atoms with van der Waals surface area (Å²) in [6.07, 6.45) is 1.89. The molecule has 0 saturated heterocycles. The maximum Gasteiger partial charge on any atom is 0.303 e. The number of benzene rings is 1.